The molecule has 2 atom stereocenters. The number of carbonyl (C=O) groups is 1. The summed E-state index contributed by atoms with van der Waals surface area (Å²) >= 11 is 0. The van der Waals surface area contributed by atoms with Crippen molar-refractivity contribution in [1.29, 1.82) is 0 Å². The van der Waals surface area contributed by atoms with Crippen LogP contribution in [0.1, 0.15) is 41.6 Å². The van der Waals surface area contributed by atoms with E-state index in [1.165, 1.54) is 18.2 Å². The van der Waals surface area contributed by atoms with Crippen LogP contribution in [-0.4, -0.2) is 37.0 Å². The number of nitrogens with zero attached hydrogens (tertiary/aromatic N) is 1. The third-order valence-corrected chi connectivity index (χ3v) is 4.19. The summed E-state index contributed by atoms with van der Waals surface area (Å²) in [5.74, 6) is -0.647. The van der Waals surface area contributed by atoms with Gasteiger partial charge in [0, 0.05) is 12.1 Å². The van der Waals surface area contributed by atoms with E-state index in [0.717, 1.165) is 31.7 Å². The molecular formula is C16H21F3N2O. The van der Waals surface area contributed by atoms with Crippen LogP contribution in [0.2, 0.25) is 0 Å². The molecule has 0 aromatic heterocycles. The van der Waals surface area contributed by atoms with Crippen molar-refractivity contribution in [2.45, 2.75) is 43.9 Å². The highest BCUT2D eigenvalue weighted by Gasteiger charge is 2.36. The van der Waals surface area contributed by atoms with E-state index in [9.17, 15) is 18.0 Å². The van der Waals surface area contributed by atoms with Crippen molar-refractivity contribution < 1.29 is 18.0 Å². The lowest BCUT2D eigenvalue weighted by atomic mass is 9.89. The maximum atomic E-state index is 13.0. The van der Waals surface area contributed by atoms with E-state index >= 15 is 0 Å². The van der Waals surface area contributed by atoms with Crippen LogP contribution in [0.4, 0.5) is 13.2 Å². The molecule has 1 fully saturated rings. The van der Waals surface area contributed by atoms with Gasteiger partial charge in [0.1, 0.15) is 0 Å². The molecule has 0 radical (unpaired) electrons. The van der Waals surface area contributed by atoms with Gasteiger partial charge in [-0.3, -0.25) is 4.79 Å². The van der Waals surface area contributed by atoms with E-state index in [4.69, 9.17) is 0 Å². The molecule has 1 aliphatic rings. The normalized spacial score (nSPS) is 22.6. The zero-order chi connectivity index (χ0) is 16.3. The molecule has 0 bridgehead atoms. The predicted octanol–water partition coefficient (Wildman–Crippen LogP) is 3.31. The zero-order valence-corrected chi connectivity index (χ0v) is 12.8. The Morgan fingerprint density at radius 1 is 1.18 bits per heavy atom. The maximum Gasteiger partial charge on any atom is 0.417 e. The SMILES string of the molecule is CN(C)C1CCCCC1NC(=O)c1ccccc1C(F)(F)F. The van der Waals surface area contributed by atoms with Gasteiger partial charge in [0.25, 0.3) is 5.91 Å². The first-order chi connectivity index (χ1) is 10.3. The van der Waals surface area contributed by atoms with E-state index in [0.29, 0.717) is 0 Å². The Hall–Kier alpha value is -1.56. The van der Waals surface area contributed by atoms with Gasteiger partial charge in [0.2, 0.25) is 0 Å². The molecule has 0 aliphatic heterocycles. The van der Waals surface area contributed by atoms with E-state index in [2.05, 4.69) is 5.32 Å². The van der Waals surface area contributed by atoms with Crippen LogP contribution >= 0.6 is 0 Å². The molecule has 1 aromatic carbocycles. The molecule has 122 valence electrons. The minimum Gasteiger partial charge on any atom is -0.348 e. The summed E-state index contributed by atoms with van der Waals surface area (Å²) in [5.41, 5.74) is -1.19. The van der Waals surface area contributed by atoms with Crippen molar-refractivity contribution in [3.8, 4) is 0 Å². The van der Waals surface area contributed by atoms with Crippen molar-refractivity contribution in [3.05, 3.63) is 35.4 Å². The summed E-state index contributed by atoms with van der Waals surface area (Å²) in [6.07, 6.45) is -0.729. The summed E-state index contributed by atoms with van der Waals surface area (Å²) in [6, 6.07) is 4.97. The summed E-state index contributed by atoms with van der Waals surface area (Å²) in [4.78, 5) is 14.3. The molecule has 6 heteroatoms. The Balaban J connectivity index is 2.19. The standard InChI is InChI=1S/C16H21F3N2O/c1-21(2)14-10-6-5-9-13(14)20-15(22)11-7-3-4-8-12(11)16(17,18)19/h3-4,7-8,13-14H,5-6,9-10H2,1-2H3,(H,20,22). The topological polar surface area (TPSA) is 32.3 Å². The number of benzene rings is 1. The number of likely N-dealkylation sites (N-methyl/N-ethyl adjacent to an activating group) is 1. The predicted molar refractivity (Wildman–Crippen MR) is 78.6 cm³/mol. The number of rotatable bonds is 3. The highest BCUT2D eigenvalue weighted by Crippen LogP contribution is 2.32. The van der Waals surface area contributed by atoms with Crippen molar-refractivity contribution >= 4 is 5.91 Å². The molecule has 22 heavy (non-hydrogen) atoms. The van der Waals surface area contributed by atoms with Crippen LogP contribution in [-0.2, 0) is 6.18 Å². The van der Waals surface area contributed by atoms with E-state index < -0.39 is 17.6 Å². The number of nitrogens with one attached hydrogen (secondary N) is 1. The first kappa shape index (κ1) is 16.8. The van der Waals surface area contributed by atoms with Gasteiger partial charge in [-0.1, -0.05) is 25.0 Å². The fraction of sp³-hybridized carbons (Fsp3) is 0.562. The molecule has 3 nitrogen and oxygen atoms in total. The van der Waals surface area contributed by atoms with Gasteiger partial charge in [-0.2, -0.15) is 13.2 Å². The Kier molecular flexibility index (Phi) is 5.11. The number of halogens is 3. The third-order valence-electron chi connectivity index (χ3n) is 4.19. The lowest BCUT2D eigenvalue weighted by Gasteiger charge is -2.36. The molecule has 1 N–H and O–H groups in total. The Morgan fingerprint density at radius 2 is 1.82 bits per heavy atom. The first-order valence-corrected chi connectivity index (χ1v) is 7.44. The average Bonchev–Trinajstić information content (AvgIpc) is 2.46. The lowest BCUT2D eigenvalue weighted by Crippen LogP contribution is -2.51. The molecule has 1 aliphatic carbocycles. The van der Waals surface area contributed by atoms with Crippen LogP contribution in [0.3, 0.4) is 0 Å². The molecule has 1 aromatic rings. The first-order valence-electron chi connectivity index (χ1n) is 7.44. The molecule has 2 rings (SSSR count). The molecular weight excluding hydrogens is 293 g/mol. The second kappa shape index (κ2) is 6.69. The number of hydrogen-bond donors (Lipinski definition) is 1. The highest BCUT2D eigenvalue weighted by atomic mass is 19.4. The number of hydrogen-bond acceptors (Lipinski definition) is 2. The molecule has 1 saturated carbocycles. The minimum atomic E-state index is -4.53. The zero-order valence-electron chi connectivity index (χ0n) is 12.8. The Morgan fingerprint density at radius 3 is 2.45 bits per heavy atom. The minimum absolute atomic E-state index is 0.113. The second-order valence-corrected chi connectivity index (χ2v) is 5.94. The third kappa shape index (κ3) is 3.80. The lowest BCUT2D eigenvalue weighted by molar-refractivity contribution is -0.137. The van der Waals surface area contributed by atoms with Crippen LogP contribution in [0.5, 0.6) is 0 Å². The van der Waals surface area contributed by atoms with Gasteiger partial charge in [-0.15, -0.1) is 0 Å². The van der Waals surface area contributed by atoms with Crippen LogP contribution in [0.25, 0.3) is 0 Å². The van der Waals surface area contributed by atoms with Crippen LogP contribution in [0.15, 0.2) is 24.3 Å². The number of carbonyl (C=O) groups excluding carboxylic acids is 1. The van der Waals surface area contributed by atoms with Crippen molar-refractivity contribution in [3.63, 3.8) is 0 Å². The molecule has 1 amide bonds. The maximum absolute atomic E-state index is 13.0. The van der Waals surface area contributed by atoms with Crippen molar-refractivity contribution in [1.82, 2.24) is 10.2 Å². The molecule has 0 heterocycles. The number of amides is 1. The smallest absolute Gasteiger partial charge is 0.348 e. The second-order valence-electron chi connectivity index (χ2n) is 5.94. The molecule has 2 unspecified atom stereocenters. The van der Waals surface area contributed by atoms with Gasteiger partial charge >= 0.3 is 6.18 Å². The number of alkyl halides is 3. The van der Waals surface area contributed by atoms with Crippen molar-refractivity contribution in [2.75, 3.05) is 14.1 Å². The van der Waals surface area contributed by atoms with E-state index in [1.54, 1.807) is 0 Å². The van der Waals surface area contributed by atoms with E-state index in [1.807, 2.05) is 19.0 Å². The Bertz CT molecular complexity index is 528. The van der Waals surface area contributed by atoms with Gasteiger partial charge in [0.15, 0.2) is 0 Å². The monoisotopic (exact) mass is 314 g/mol. The fourth-order valence-corrected chi connectivity index (χ4v) is 3.07. The summed E-state index contributed by atoms with van der Waals surface area (Å²) < 4.78 is 39.0. The summed E-state index contributed by atoms with van der Waals surface area (Å²) in [5, 5.41) is 2.80. The summed E-state index contributed by atoms with van der Waals surface area (Å²) in [7, 11) is 3.86. The van der Waals surface area contributed by atoms with Gasteiger partial charge in [-0.05, 0) is 39.1 Å². The largest absolute Gasteiger partial charge is 0.417 e. The van der Waals surface area contributed by atoms with Gasteiger partial charge in [0.05, 0.1) is 11.1 Å². The van der Waals surface area contributed by atoms with Crippen molar-refractivity contribution in [2.24, 2.45) is 0 Å². The van der Waals surface area contributed by atoms with Gasteiger partial charge < -0.3 is 10.2 Å². The molecule has 0 spiro atoms. The average molecular weight is 314 g/mol. The summed E-state index contributed by atoms with van der Waals surface area (Å²) in [6.45, 7) is 0. The van der Waals surface area contributed by atoms with Crippen LogP contribution < -0.4 is 5.32 Å². The quantitative estimate of drug-likeness (QED) is 0.928. The molecule has 0 saturated heterocycles. The van der Waals surface area contributed by atoms with Crippen LogP contribution in [0, 0.1) is 0 Å². The van der Waals surface area contributed by atoms with Gasteiger partial charge in [-0.25, -0.2) is 0 Å². The van der Waals surface area contributed by atoms with E-state index in [-0.39, 0.29) is 17.6 Å². The highest BCUT2D eigenvalue weighted by molar-refractivity contribution is 5.96. The fourth-order valence-electron chi connectivity index (χ4n) is 3.07. The Labute approximate surface area is 128 Å².